The number of esters is 1. The highest BCUT2D eigenvalue weighted by Crippen LogP contribution is 2.25. The van der Waals surface area contributed by atoms with Crippen LogP contribution in [0.1, 0.15) is 6.92 Å². The summed E-state index contributed by atoms with van der Waals surface area (Å²) in [7, 11) is 0. The Morgan fingerprint density at radius 1 is 1.75 bits per heavy atom. The predicted octanol–water partition coefficient (Wildman–Crippen LogP) is 0.633. The second kappa shape index (κ2) is 3.62. The first kappa shape index (κ1) is 9.12. The standard InChI is InChI=1S/C7H8O4S/c1-4(8)11-6-3-12-2-5(6)7(9)10/h2,6H,3H2,1H3,(H,9,10). The molecule has 0 saturated carbocycles. The number of carbonyl (C=O) groups excluding carboxylic acids is 1. The van der Waals surface area contributed by atoms with E-state index in [1.807, 2.05) is 0 Å². The van der Waals surface area contributed by atoms with E-state index in [9.17, 15) is 9.59 Å². The summed E-state index contributed by atoms with van der Waals surface area (Å²) in [5.41, 5.74) is 0.162. The Morgan fingerprint density at radius 2 is 2.42 bits per heavy atom. The number of carboxylic acids is 1. The zero-order valence-electron chi connectivity index (χ0n) is 6.44. The van der Waals surface area contributed by atoms with Crippen molar-refractivity contribution in [3.8, 4) is 0 Å². The first-order chi connectivity index (χ1) is 5.61. The van der Waals surface area contributed by atoms with Crippen molar-refractivity contribution in [3.63, 3.8) is 0 Å². The lowest BCUT2D eigenvalue weighted by atomic mass is 10.2. The molecule has 1 N–H and O–H groups in total. The molecule has 0 aromatic carbocycles. The number of thioether (sulfide) groups is 1. The minimum absolute atomic E-state index is 0.162. The van der Waals surface area contributed by atoms with E-state index in [0.29, 0.717) is 5.75 Å². The summed E-state index contributed by atoms with van der Waals surface area (Å²) in [5, 5.41) is 10.1. The zero-order valence-corrected chi connectivity index (χ0v) is 7.26. The van der Waals surface area contributed by atoms with Gasteiger partial charge in [-0.3, -0.25) is 4.79 Å². The molecule has 0 aliphatic carbocycles. The molecule has 0 aromatic heterocycles. The van der Waals surface area contributed by atoms with Gasteiger partial charge in [-0.15, -0.1) is 11.8 Å². The van der Waals surface area contributed by atoms with Crippen LogP contribution in [0.4, 0.5) is 0 Å². The first-order valence-electron chi connectivity index (χ1n) is 3.33. The van der Waals surface area contributed by atoms with E-state index in [0.717, 1.165) is 0 Å². The molecule has 5 heteroatoms. The van der Waals surface area contributed by atoms with Crippen molar-refractivity contribution < 1.29 is 19.4 Å². The summed E-state index contributed by atoms with van der Waals surface area (Å²) in [5.74, 6) is -0.970. The Kier molecular flexibility index (Phi) is 2.75. The van der Waals surface area contributed by atoms with Gasteiger partial charge in [0.15, 0.2) is 0 Å². The van der Waals surface area contributed by atoms with E-state index >= 15 is 0 Å². The number of carbonyl (C=O) groups is 2. The Hall–Kier alpha value is -0.970. The largest absolute Gasteiger partial charge is 0.478 e. The monoisotopic (exact) mass is 188 g/mol. The lowest BCUT2D eigenvalue weighted by Crippen LogP contribution is -2.22. The smallest absolute Gasteiger partial charge is 0.335 e. The van der Waals surface area contributed by atoms with Gasteiger partial charge in [-0.2, -0.15) is 0 Å². The van der Waals surface area contributed by atoms with Gasteiger partial charge in [-0.25, -0.2) is 4.79 Å². The lowest BCUT2D eigenvalue weighted by molar-refractivity contribution is -0.145. The van der Waals surface area contributed by atoms with Gasteiger partial charge in [0.1, 0.15) is 6.10 Å². The second-order valence-corrected chi connectivity index (χ2v) is 3.21. The number of rotatable bonds is 2. The highest BCUT2D eigenvalue weighted by atomic mass is 32.2. The topological polar surface area (TPSA) is 63.6 Å². The van der Waals surface area contributed by atoms with Crippen LogP contribution in [0.3, 0.4) is 0 Å². The molecule has 1 unspecified atom stereocenters. The zero-order chi connectivity index (χ0) is 9.14. The van der Waals surface area contributed by atoms with Gasteiger partial charge in [0.2, 0.25) is 0 Å². The number of aliphatic carboxylic acids is 1. The highest BCUT2D eigenvalue weighted by Gasteiger charge is 2.27. The molecule has 0 aromatic rings. The molecular weight excluding hydrogens is 180 g/mol. The van der Waals surface area contributed by atoms with Crippen LogP contribution in [0.25, 0.3) is 0 Å². The second-order valence-electron chi connectivity index (χ2n) is 2.31. The Morgan fingerprint density at radius 3 is 2.92 bits per heavy atom. The third-order valence-corrected chi connectivity index (χ3v) is 2.28. The van der Waals surface area contributed by atoms with E-state index in [1.165, 1.54) is 24.1 Å². The fourth-order valence-corrected chi connectivity index (χ4v) is 1.83. The van der Waals surface area contributed by atoms with Crippen molar-refractivity contribution in [2.75, 3.05) is 5.75 Å². The molecule has 1 heterocycles. The van der Waals surface area contributed by atoms with Gasteiger partial charge >= 0.3 is 11.9 Å². The summed E-state index contributed by atoms with van der Waals surface area (Å²) in [6, 6.07) is 0. The van der Waals surface area contributed by atoms with Gasteiger partial charge in [-0.1, -0.05) is 0 Å². The molecule has 66 valence electrons. The van der Waals surface area contributed by atoms with Crippen LogP contribution >= 0.6 is 11.8 Å². The normalized spacial score (nSPS) is 21.8. The van der Waals surface area contributed by atoms with E-state index in [4.69, 9.17) is 9.84 Å². The van der Waals surface area contributed by atoms with Crippen molar-refractivity contribution in [3.05, 3.63) is 11.0 Å². The summed E-state index contributed by atoms with van der Waals surface area (Å²) >= 11 is 1.34. The Labute approximate surface area is 73.6 Å². The van der Waals surface area contributed by atoms with Crippen molar-refractivity contribution >= 4 is 23.7 Å². The molecule has 12 heavy (non-hydrogen) atoms. The van der Waals surface area contributed by atoms with Gasteiger partial charge in [0, 0.05) is 12.7 Å². The molecule has 1 rings (SSSR count). The molecule has 0 radical (unpaired) electrons. The van der Waals surface area contributed by atoms with Gasteiger partial charge in [-0.05, 0) is 5.41 Å². The van der Waals surface area contributed by atoms with E-state index < -0.39 is 18.0 Å². The molecule has 0 bridgehead atoms. The maximum atomic E-state index is 10.5. The van der Waals surface area contributed by atoms with E-state index in [-0.39, 0.29) is 5.57 Å². The number of hydrogen-bond donors (Lipinski definition) is 1. The van der Waals surface area contributed by atoms with E-state index in [2.05, 4.69) is 0 Å². The summed E-state index contributed by atoms with van der Waals surface area (Å²) in [6.07, 6.45) is -0.579. The summed E-state index contributed by atoms with van der Waals surface area (Å²) < 4.78 is 4.78. The molecule has 4 nitrogen and oxygen atoms in total. The first-order valence-corrected chi connectivity index (χ1v) is 4.38. The van der Waals surface area contributed by atoms with Crippen LogP contribution in [0.2, 0.25) is 0 Å². The van der Waals surface area contributed by atoms with Gasteiger partial charge in [0.05, 0.1) is 5.57 Å². The molecule has 0 saturated heterocycles. The van der Waals surface area contributed by atoms with Crippen LogP contribution in [0.15, 0.2) is 11.0 Å². The lowest BCUT2D eigenvalue weighted by Gasteiger charge is -2.10. The quantitative estimate of drug-likeness (QED) is 0.644. The van der Waals surface area contributed by atoms with Crippen LogP contribution < -0.4 is 0 Å². The number of hydrogen-bond acceptors (Lipinski definition) is 4. The van der Waals surface area contributed by atoms with E-state index in [1.54, 1.807) is 0 Å². The Balaban J connectivity index is 2.62. The van der Waals surface area contributed by atoms with Crippen molar-refractivity contribution in [1.29, 1.82) is 0 Å². The van der Waals surface area contributed by atoms with Crippen molar-refractivity contribution in [2.45, 2.75) is 13.0 Å². The summed E-state index contributed by atoms with van der Waals surface area (Å²) in [4.78, 5) is 21.0. The average Bonchev–Trinajstić information content (AvgIpc) is 2.33. The predicted molar refractivity (Wildman–Crippen MR) is 43.7 cm³/mol. The molecule has 1 aliphatic rings. The highest BCUT2D eigenvalue weighted by molar-refractivity contribution is 8.02. The van der Waals surface area contributed by atoms with Crippen LogP contribution in [0.5, 0.6) is 0 Å². The van der Waals surface area contributed by atoms with Crippen molar-refractivity contribution in [1.82, 2.24) is 0 Å². The molecule has 1 aliphatic heterocycles. The third kappa shape index (κ3) is 2.01. The molecule has 0 spiro atoms. The maximum absolute atomic E-state index is 10.5. The summed E-state index contributed by atoms with van der Waals surface area (Å²) in [6.45, 7) is 1.27. The molecule has 0 amide bonds. The fraction of sp³-hybridized carbons (Fsp3) is 0.429. The fourth-order valence-electron chi connectivity index (χ4n) is 0.877. The molecule has 1 atom stereocenters. The minimum Gasteiger partial charge on any atom is -0.478 e. The number of carboxylic acid groups (broad SMARTS) is 1. The SMILES string of the molecule is CC(=O)OC1CSC=C1C(=O)O. The van der Waals surface area contributed by atoms with Gasteiger partial charge < -0.3 is 9.84 Å². The average molecular weight is 188 g/mol. The Bertz CT molecular complexity index is 246. The molecular formula is C7H8O4S. The van der Waals surface area contributed by atoms with Crippen LogP contribution in [-0.2, 0) is 14.3 Å². The van der Waals surface area contributed by atoms with Crippen LogP contribution in [-0.4, -0.2) is 28.9 Å². The molecule has 0 fully saturated rings. The third-order valence-electron chi connectivity index (χ3n) is 1.36. The van der Waals surface area contributed by atoms with Gasteiger partial charge in [0.25, 0.3) is 0 Å². The van der Waals surface area contributed by atoms with Crippen LogP contribution in [0, 0.1) is 0 Å². The van der Waals surface area contributed by atoms with Crippen molar-refractivity contribution in [2.24, 2.45) is 0 Å². The minimum atomic E-state index is -1.02. The number of ether oxygens (including phenoxy) is 1. The maximum Gasteiger partial charge on any atom is 0.335 e.